The van der Waals surface area contributed by atoms with Gasteiger partial charge in [-0.2, -0.15) is 17.9 Å². The van der Waals surface area contributed by atoms with E-state index >= 15 is 0 Å². The van der Waals surface area contributed by atoms with Crippen molar-refractivity contribution < 1.29 is 30.8 Å². The number of benzene rings is 1. The van der Waals surface area contributed by atoms with E-state index in [9.17, 15) is 30.8 Å². The number of carbonyl (C=O) groups excluding carboxylic acids is 1. The molecule has 1 heterocycles. The normalized spacial score (nSPS) is 13.4. The number of nitrogens with one attached hydrogen (secondary N) is 2. The number of alkyl halides is 3. The summed E-state index contributed by atoms with van der Waals surface area (Å²) in [5, 5.41) is 2.20. The van der Waals surface area contributed by atoms with E-state index in [1.807, 2.05) is 0 Å². The lowest BCUT2D eigenvalue weighted by atomic mass is 10.2. The summed E-state index contributed by atoms with van der Waals surface area (Å²) in [6.07, 6.45) is -3.73. The zero-order chi connectivity index (χ0) is 21.4. The molecule has 0 aliphatic rings. The van der Waals surface area contributed by atoms with Gasteiger partial charge in [0, 0.05) is 18.9 Å². The number of halogens is 5. The van der Waals surface area contributed by atoms with Crippen molar-refractivity contribution in [2.75, 3.05) is 5.32 Å². The van der Waals surface area contributed by atoms with E-state index in [2.05, 4.69) is 5.32 Å². The molecule has 2 rings (SSSR count). The molecule has 0 radical (unpaired) electrons. The molecule has 0 aliphatic carbocycles. The molecule has 0 aliphatic heterocycles. The maximum atomic E-state index is 13.2. The Labute approximate surface area is 163 Å². The fourth-order valence-corrected chi connectivity index (χ4v) is 4.15. The second-order valence-electron chi connectivity index (χ2n) is 6.05. The van der Waals surface area contributed by atoms with Crippen LogP contribution in [0.4, 0.5) is 23.2 Å². The molecule has 1 amide bonds. The molecule has 1 aromatic carbocycles. The lowest BCUT2D eigenvalue weighted by Gasteiger charge is -2.17. The molecule has 1 unspecified atom stereocenters. The molecule has 6 nitrogen and oxygen atoms in total. The summed E-state index contributed by atoms with van der Waals surface area (Å²) in [5.74, 6) is -1.43. The van der Waals surface area contributed by atoms with Crippen LogP contribution in [0, 0.1) is 12.7 Å². The molecular formula is C16H16ClF4N3O3S. The van der Waals surface area contributed by atoms with Gasteiger partial charge in [0.05, 0.1) is 5.02 Å². The van der Waals surface area contributed by atoms with Crippen LogP contribution in [-0.2, 0) is 17.1 Å². The first-order valence-corrected chi connectivity index (χ1v) is 9.61. The monoisotopic (exact) mass is 441 g/mol. The Hall–Kier alpha value is -2.11. The third-order valence-corrected chi connectivity index (χ3v) is 5.84. The van der Waals surface area contributed by atoms with Gasteiger partial charge < -0.3 is 9.88 Å². The Morgan fingerprint density at radius 1 is 1.29 bits per heavy atom. The van der Waals surface area contributed by atoms with Crippen molar-refractivity contribution in [3.05, 3.63) is 46.5 Å². The van der Waals surface area contributed by atoms with Gasteiger partial charge in [0.25, 0.3) is 5.91 Å². The van der Waals surface area contributed by atoms with Crippen LogP contribution in [0.15, 0.2) is 29.3 Å². The molecule has 1 aromatic heterocycles. The minimum atomic E-state index is -4.77. The summed E-state index contributed by atoms with van der Waals surface area (Å²) in [7, 11) is -3.17. The highest BCUT2D eigenvalue weighted by molar-refractivity contribution is 7.89. The van der Waals surface area contributed by atoms with Crippen LogP contribution in [0.1, 0.15) is 23.0 Å². The van der Waals surface area contributed by atoms with E-state index in [0.717, 1.165) is 18.3 Å². The van der Waals surface area contributed by atoms with Crippen LogP contribution < -0.4 is 10.0 Å². The maximum absolute atomic E-state index is 13.2. The minimum absolute atomic E-state index is 0.0462. The second kappa shape index (κ2) is 7.72. The van der Waals surface area contributed by atoms with Crippen LogP contribution >= 0.6 is 11.6 Å². The highest BCUT2D eigenvalue weighted by atomic mass is 35.5. The van der Waals surface area contributed by atoms with Gasteiger partial charge in [0.1, 0.15) is 22.4 Å². The van der Waals surface area contributed by atoms with Crippen molar-refractivity contribution in [2.45, 2.75) is 31.0 Å². The lowest BCUT2D eigenvalue weighted by Crippen LogP contribution is -2.43. The third-order valence-electron chi connectivity index (χ3n) is 3.89. The number of hydrogen-bond donors (Lipinski definition) is 2. The summed E-state index contributed by atoms with van der Waals surface area (Å²) < 4.78 is 78.6. The fourth-order valence-electron chi connectivity index (χ4n) is 2.45. The molecule has 0 spiro atoms. The Bertz CT molecular complexity index is 1020. The Morgan fingerprint density at radius 2 is 1.89 bits per heavy atom. The summed E-state index contributed by atoms with van der Waals surface area (Å²) >= 11 is 5.64. The second-order valence-corrected chi connectivity index (χ2v) is 8.14. The topological polar surface area (TPSA) is 80.2 Å². The molecular weight excluding hydrogens is 426 g/mol. The number of amides is 1. The van der Waals surface area contributed by atoms with Gasteiger partial charge >= 0.3 is 6.18 Å². The number of rotatable bonds is 5. The van der Waals surface area contributed by atoms with Gasteiger partial charge in [-0.25, -0.2) is 12.8 Å². The average Bonchev–Trinajstić information content (AvgIpc) is 2.85. The van der Waals surface area contributed by atoms with Gasteiger partial charge in [-0.05, 0) is 37.6 Å². The van der Waals surface area contributed by atoms with Crippen molar-refractivity contribution in [3.63, 3.8) is 0 Å². The van der Waals surface area contributed by atoms with Crippen LogP contribution in [0.5, 0.6) is 0 Å². The van der Waals surface area contributed by atoms with Crippen LogP contribution in [0.2, 0.25) is 5.02 Å². The molecule has 154 valence electrons. The van der Waals surface area contributed by atoms with Crippen molar-refractivity contribution >= 4 is 33.2 Å². The number of carbonyl (C=O) groups is 1. The first-order chi connectivity index (χ1) is 12.7. The first kappa shape index (κ1) is 22.2. The third kappa shape index (κ3) is 4.65. The van der Waals surface area contributed by atoms with E-state index in [0.29, 0.717) is 6.92 Å². The predicted molar refractivity (Wildman–Crippen MR) is 95.4 cm³/mol. The SMILES string of the molecule is Cc1c(S(=O)(=O)NC(C)C(F)(F)F)cn(C)c1C(=O)Nc1ccc(F)c(Cl)c1. The van der Waals surface area contributed by atoms with Crippen molar-refractivity contribution in [1.82, 2.24) is 9.29 Å². The van der Waals surface area contributed by atoms with Crippen LogP contribution in [-0.4, -0.2) is 31.1 Å². The molecule has 0 fully saturated rings. The van der Waals surface area contributed by atoms with Crippen LogP contribution in [0.25, 0.3) is 0 Å². The van der Waals surface area contributed by atoms with Gasteiger partial charge in [-0.15, -0.1) is 0 Å². The smallest absolute Gasteiger partial charge is 0.345 e. The Kier molecular flexibility index (Phi) is 6.12. The Balaban J connectivity index is 2.34. The highest BCUT2D eigenvalue weighted by Crippen LogP contribution is 2.26. The number of nitrogens with zero attached hydrogens (tertiary/aromatic N) is 1. The molecule has 2 aromatic rings. The number of sulfonamides is 1. The molecule has 0 bridgehead atoms. The van der Waals surface area contributed by atoms with Gasteiger partial charge in [-0.1, -0.05) is 11.6 Å². The number of hydrogen-bond acceptors (Lipinski definition) is 3. The molecule has 2 N–H and O–H groups in total. The average molecular weight is 442 g/mol. The molecule has 12 heteroatoms. The van der Waals surface area contributed by atoms with E-state index in [1.165, 1.54) is 29.3 Å². The van der Waals surface area contributed by atoms with Gasteiger partial charge in [0.15, 0.2) is 0 Å². The van der Waals surface area contributed by atoms with E-state index < -0.39 is 38.9 Å². The standard InChI is InChI=1S/C16H16ClF4N3O3S/c1-8-13(28(26,27)23-9(2)16(19,20)21)7-24(3)14(8)15(25)22-10-4-5-12(18)11(17)6-10/h4-7,9,23H,1-3H3,(H,22,25). The van der Waals surface area contributed by atoms with Gasteiger partial charge in [-0.3, -0.25) is 4.79 Å². The largest absolute Gasteiger partial charge is 0.404 e. The van der Waals surface area contributed by atoms with Gasteiger partial charge in [0.2, 0.25) is 10.0 Å². The summed E-state index contributed by atoms with van der Waals surface area (Å²) in [6, 6.07) is 1.14. The van der Waals surface area contributed by atoms with E-state index in [1.54, 1.807) is 0 Å². The van der Waals surface area contributed by atoms with E-state index in [4.69, 9.17) is 11.6 Å². The minimum Gasteiger partial charge on any atom is -0.345 e. The van der Waals surface area contributed by atoms with Crippen LogP contribution in [0.3, 0.4) is 0 Å². The molecule has 28 heavy (non-hydrogen) atoms. The van der Waals surface area contributed by atoms with Crippen molar-refractivity contribution in [2.24, 2.45) is 7.05 Å². The fraction of sp³-hybridized carbons (Fsp3) is 0.312. The number of aromatic nitrogens is 1. The summed E-state index contributed by atoms with van der Waals surface area (Å²) in [4.78, 5) is 12.0. The number of aryl methyl sites for hydroxylation is 1. The molecule has 1 atom stereocenters. The first-order valence-electron chi connectivity index (χ1n) is 7.75. The van der Waals surface area contributed by atoms with Crippen molar-refractivity contribution in [1.29, 1.82) is 0 Å². The zero-order valence-corrected chi connectivity index (χ0v) is 16.4. The number of anilines is 1. The lowest BCUT2D eigenvalue weighted by molar-refractivity contribution is -0.147. The zero-order valence-electron chi connectivity index (χ0n) is 14.9. The highest BCUT2D eigenvalue weighted by Gasteiger charge is 2.39. The summed E-state index contributed by atoms with van der Waals surface area (Å²) in [5.41, 5.74) is 0.0146. The predicted octanol–water partition coefficient (Wildman–Crippen LogP) is 3.61. The summed E-state index contributed by atoms with van der Waals surface area (Å²) in [6.45, 7) is 1.96. The quantitative estimate of drug-likeness (QED) is 0.696. The maximum Gasteiger partial charge on any atom is 0.404 e. The Morgan fingerprint density at radius 3 is 2.43 bits per heavy atom. The molecule has 0 saturated heterocycles. The van der Waals surface area contributed by atoms with Crippen molar-refractivity contribution in [3.8, 4) is 0 Å². The van der Waals surface area contributed by atoms with E-state index in [-0.39, 0.29) is 22.0 Å². The molecule has 0 saturated carbocycles.